The fourth-order valence-corrected chi connectivity index (χ4v) is 2.47. The van der Waals surface area contributed by atoms with E-state index in [1.165, 1.54) is 0 Å². The molecule has 16 heavy (non-hydrogen) atoms. The summed E-state index contributed by atoms with van der Waals surface area (Å²) in [5.74, 6) is 0.295. The van der Waals surface area contributed by atoms with E-state index >= 15 is 0 Å². The summed E-state index contributed by atoms with van der Waals surface area (Å²) in [6.45, 7) is 5.63. The standard InChI is InChI=1S/C12H22N2O2/c1-10-9-14(7-6-13-10)12(15)5-4-11-3-2-8-16-11/h10-11,13H,2-9H2,1H3/t10-,11?/m1/s1. The third kappa shape index (κ3) is 3.19. The van der Waals surface area contributed by atoms with Crippen molar-refractivity contribution in [2.45, 2.75) is 44.8 Å². The number of piperazine rings is 1. The van der Waals surface area contributed by atoms with Gasteiger partial charge < -0.3 is 15.0 Å². The second-order valence-electron chi connectivity index (χ2n) is 4.87. The van der Waals surface area contributed by atoms with Gasteiger partial charge in [-0.05, 0) is 26.2 Å². The second kappa shape index (κ2) is 5.64. The summed E-state index contributed by atoms with van der Waals surface area (Å²) < 4.78 is 5.53. The first-order valence-electron chi connectivity index (χ1n) is 6.38. The van der Waals surface area contributed by atoms with Crippen LogP contribution in [0.5, 0.6) is 0 Å². The molecule has 2 saturated heterocycles. The van der Waals surface area contributed by atoms with Gasteiger partial charge in [0.05, 0.1) is 6.10 Å². The third-order valence-electron chi connectivity index (χ3n) is 3.43. The number of nitrogens with zero attached hydrogens (tertiary/aromatic N) is 1. The Kier molecular flexibility index (Phi) is 4.18. The van der Waals surface area contributed by atoms with Crippen LogP contribution in [0.15, 0.2) is 0 Å². The van der Waals surface area contributed by atoms with E-state index in [0.717, 1.165) is 45.5 Å². The predicted octanol–water partition coefficient (Wildman–Crippen LogP) is 0.766. The smallest absolute Gasteiger partial charge is 0.222 e. The Morgan fingerprint density at radius 1 is 1.56 bits per heavy atom. The maximum Gasteiger partial charge on any atom is 0.222 e. The Morgan fingerprint density at radius 3 is 3.12 bits per heavy atom. The normalized spacial score (nSPS) is 30.7. The predicted molar refractivity (Wildman–Crippen MR) is 62.3 cm³/mol. The maximum atomic E-state index is 11.9. The lowest BCUT2D eigenvalue weighted by atomic mass is 10.1. The molecule has 2 atom stereocenters. The summed E-state index contributed by atoms with van der Waals surface area (Å²) in [5.41, 5.74) is 0. The molecule has 0 bridgehead atoms. The number of amides is 1. The first kappa shape index (κ1) is 11.9. The van der Waals surface area contributed by atoms with Crippen LogP contribution < -0.4 is 5.32 Å². The van der Waals surface area contributed by atoms with Gasteiger partial charge in [0, 0.05) is 38.7 Å². The lowest BCUT2D eigenvalue weighted by Gasteiger charge is -2.32. The molecule has 1 unspecified atom stereocenters. The van der Waals surface area contributed by atoms with Crippen molar-refractivity contribution >= 4 is 5.91 Å². The van der Waals surface area contributed by atoms with Crippen LogP contribution in [0.3, 0.4) is 0 Å². The van der Waals surface area contributed by atoms with Crippen molar-refractivity contribution in [1.82, 2.24) is 10.2 Å². The topological polar surface area (TPSA) is 41.6 Å². The zero-order valence-electron chi connectivity index (χ0n) is 10.1. The minimum Gasteiger partial charge on any atom is -0.378 e. The van der Waals surface area contributed by atoms with Crippen LogP contribution in [-0.4, -0.2) is 49.2 Å². The van der Waals surface area contributed by atoms with E-state index in [4.69, 9.17) is 4.74 Å². The van der Waals surface area contributed by atoms with Crippen molar-refractivity contribution in [1.29, 1.82) is 0 Å². The highest BCUT2D eigenvalue weighted by atomic mass is 16.5. The molecule has 0 aromatic carbocycles. The number of carbonyl (C=O) groups is 1. The summed E-state index contributed by atoms with van der Waals surface area (Å²) in [6.07, 6.45) is 4.17. The summed E-state index contributed by atoms with van der Waals surface area (Å²) in [4.78, 5) is 13.9. The van der Waals surface area contributed by atoms with Crippen LogP contribution in [0, 0.1) is 0 Å². The molecule has 4 heteroatoms. The Labute approximate surface area is 97.3 Å². The molecule has 0 aromatic rings. The fraction of sp³-hybridized carbons (Fsp3) is 0.917. The molecule has 2 aliphatic heterocycles. The molecule has 2 aliphatic rings. The van der Waals surface area contributed by atoms with Crippen LogP contribution in [-0.2, 0) is 9.53 Å². The molecular weight excluding hydrogens is 204 g/mol. The minimum absolute atomic E-state index is 0.295. The molecule has 4 nitrogen and oxygen atoms in total. The number of nitrogens with one attached hydrogen (secondary N) is 1. The van der Waals surface area contributed by atoms with E-state index in [2.05, 4.69) is 12.2 Å². The molecule has 2 heterocycles. The average Bonchev–Trinajstić information content (AvgIpc) is 2.78. The van der Waals surface area contributed by atoms with Gasteiger partial charge in [-0.25, -0.2) is 0 Å². The molecule has 0 radical (unpaired) electrons. The van der Waals surface area contributed by atoms with Crippen molar-refractivity contribution in [3.05, 3.63) is 0 Å². The molecule has 2 fully saturated rings. The van der Waals surface area contributed by atoms with Crippen LogP contribution in [0.1, 0.15) is 32.6 Å². The maximum absolute atomic E-state index is 11.9. The first-order chi connectivity index (χ1) is 7.75. The largest absolute Gasteiger partial charge is 0.378 e. The number of hydrogen-bond acceptors (Lipinski definition) is 3. The zero-order valence-corrected chi connectivity index (χ0v) is 10.1. The summed E-state index contributed by atoms with van der Waals surface area (Å²) in [6, 6.07) is 0.431. The molecule has 0 aliphatic carbocycles. The van der Waals surface area contributed by atoms with Crippen LogP contribution in [0.4, 0.5) is 0 Å². The number of ether oxygens (including phenoxy) is 1. The molecule has 0 spiro atoms. The van der Waals surface area contributed by atoms with Gasteiger partial charge in [0.25, 0.3) is 0 Å². The highest BCUT2D eigenvalue weighted by Gasteiger charge is 2.22. The number of rotatable bonds is 3. The molecule has 0 saturated carbocycles. The lowest BCUT2D eigenvalue weighted by molar-refractivity contribution is -0.132. The SMILES string of the molecule is C[C@@H]1CN(C(=O)CCC2CCCO2)CCN1. The first-order valence-corrected chi connectivity index (χ1v) is 6.38. The van der Waals surface area contributed by atoms with Crippen LogP contribution in [0.25, 0.3) is 0 Å². The molecule has 2 rings (SSSR count). The van der Waals surface area contributed by atoms with E-state index in [1.807, 2.05) is 4.90 Å². The van der Waals surface area contributed by atoms with Gasteiger partial charge in [0.2, 0.25) is 5.91 Å². The van der Waals surface area contributed by atoms with Gasteiger partial charge in [-0.15, -0.1) is 0 Å². The number of carbonyl (C=O) groups excluding carboxylic acids is 1. The van der Waals surface area contributed by atoms with Gasteiger partial charge >= 0.3 is 0 Å². The van der Waals surface area contributed by atoms with Crippen molar-refractivity contribution < 1.29 is 9.53 Å². The highest BCUT2D eigenvalue weighted by molar-refractivity contribution is 5.76. The van der Waals surface area contributed by atoms with Gasteiger partial charge in [0.1, 0.15) is 0 Å². The lowest BCUT2D eigenvalue weighted by Crippen LogP contribution is -2.51. The molecule has 92 valence electrons. The highest BCUT2D eigenvalue weighted by Crippen LogP contribution is 2.17. The second-order valence-corrected chi connectivity index (χ2v) is 4.87. The van der Waals surface area contributed by atoms with Crippen LogP contribution >= 0.6 is 0 Å². The third-order valence-corrected chi connectivity index (χ3v) is 3.43. The zero-order chi connectivity index (χ0) is 11.4. The molecule has 1 N–H and O–H groups in total. The minimum atomic E-state index is 0.295. The summed E-state index contributed by atoms with van der Waals surface area (Å²) in [7, 11) is 0. The van der Waals surface area contributed by atoms with E-state index in [-0.39, 0.29) is 0 Å². The van der Waals surface area contributed by atoms with Gasteiger partial charge in [-0.2, -0.15) is 0 Å². The van der Waals surface area contributed by atoms with E-state index in [1.54, 1.807) is 0 Å². The van der Waals surface area contributed by atoms with E-state index < -0.39 is 0 Å². The van der Waals surface area contributed by atoms with Gasteiger partial charge in [-0.1, -0.05) is 0 Å². The number of hydrogen-bond donors (Lipinski definition) is 1. The molecule has 1 amide bonds. The van der Waals surface area contributed by atoms with Gasteiger partial charge in [0.15, 0.2) is 0 Å². The molecular formula is C12H22N2O2. The van der Waals surface area contributed by atoms with Crippen molar-refractivity contribution in [3.8, 4) is 0 Å². The van der Waals surface area contributed by atoms with E-state index in [0.29, 0.717) is 24.5 Å². The van der Waals surface area contributed by atoms with Gasteiger partial charge in [-0.3, -0.25) is 4.79 Å². The van der Waals surface area contributed by atoms with Crippen molar-refractivity contribution in [2.75, 3.05) is 26.2 Å². The molecule has 0 aromatic heterocycles. The van der Waals surface area contributed by atoms with E-state index in [9.17, 15) is 4.79 Å². The Morgan fingerprint density at radius 2 is 2.44 bits per heavy atom. The quantitative estimate of drug-likeness (QED) is 0.772. The fourth-order valence-electron chi connectivity index (χ4n) is 2.47. The Hall–Kier alpha value is -0.610. The Bertz CT molecular complexity index is 239. The Balaban J connectivity index is 1.70. The van der Waals surface area contributed by atoms with Crippen molar-refractivity contribution in [2.24, 2.45) is 0 Å². The van der Waals surface area contributed by atoms with Crippen molar-refractivity contribution in [3.63, 3.8) is 0 Å². The summed E-state index contributed by atoms with van der Waals surface area (Å²) >= 11 is 0. The monoisotopic (exact) mass is 226 g/mol. The summed E-state index contributed by atoms with van der Waals surface area (Å²) in [5, 5.41) is 3.35. The average molecular weight is 226 g/mol. The van der Waals surface area contributed by atoms with Crippen LogP contribution in [0.2, 0.25) is 0 Å².